The number of thioether (sulfide) groups is 1. The van der Waals surface area contributed by atoms with E-state index in [1.807, 2.05) is 11.8 Å². The second kappa shape index (κ2) is 6.33. The van der Waals surface area contributed by atoms with Gasteiger partial charge < -0.3 is 4.90 Å². The fourth-order valence-electron chi connectivity index (χ4n) is 2.64. The fourth-order valence-corrected chi connectivity index (χ4v) is 4.42. The van der Waals surface area contributed by atoms with Gasteiger partial charge in [0.2, 0.25) is 0 Å². The zero-order chi connectivity index (χ0) is 13.9. The molecule has 1 unspecified atom stereocenters. The van der Waals surface area contributed by atoms with E-state index in [1.165, 1.54) is 26.9 Å². The van der Waals surface area contributed by atoms with Gasteiger partial charge in [0, 0.05) is 23.3 Å². The van der Waals surface area contributed by atoms with E-state index in [4.69, 9.17) is 0 Å². The van der Waals surface area contributed by atoms with E-state index in [9.17, 15) is 0 Å². The Bertz CT molecular complexity index is 585. The van der Waals surface area contributed by atoms with E-state index in [0.717, 1.165) is 13.1 Å². The molecule has 1 nitrogen and oxygen atoms in total. The number of benzene rings is 2. The third-order valence-electron chi connectivity index (χ3n) is 3.69. The maximum atomic E-state index is 3.63. The summed E-state index contributed by atoms with van der Waals surface area (Å²) in [6.07, 6.45) is 0. The molecule has 1 heterocycles. The average Bonchev–Trinajstić information content (AvgIpc) is 2.45. The maximum Gasteiger partial charge on any atom is 0.0550 e. The van der Waals surface area contributed by atoms with Crippen LogP contribution in [0.25, 0.3) is 0 Å². The van der Waals surface area contributed by atoms with Crippen LogP contribution in [0.1, 0.15) is 21.9 Å². The van der Waals surface area contributed by atoms with Crippen molar-refractivity contribution >= 4 is 27.7 Å². The number of fused-ring (bicyclic) bond motifs is 1. The first kappa shape index (κ1) is 14.2. The molecule has 2 aromatic carbocycles. The minimum Gasteiger partial charge on any atom is -0.301 e. The number of hydrogen-bond donors (Lipinski definition) is 0. The molecule has 2 aromatic rings. The lowest BCUT2D eigenvalue weighted by Gasteiger charge is -2.28. The molecular formula is C17H18BrNS. The van der Waals surface area contributed by atoms with Crippen LogP contribution in [-0.2, 0) is 6.54 Å². The lowest BCUT2D eigenvalue weighted by Crippen LogP contribution is -2.24. The van der Waals surface area contributed by atoms with Gasteiger partial charge in [-0.3, -0.25) is 0 Å². The van der Waals surface area contributed by atoms with E-state index >= 15 is 0 Å². The summed E-state index contributed by atoms with van der Waals surface area (Å²) in [4.78, 5) is 2.40. The summed E-state index contributed by atoms with van der Waals surface area (Å²) < 4.78 is 1.17. The largest absolute Gasteiger partial charge is 0.301 e. The van der Waals surface area contributed by atoms with Crippen LogP contribution < -0.4 is 0 Å². The molecule has 0 saturated heterocycles. The van der Waals surface area contributed by atoms with E-state index in [2.05, 4.69) is 76.4 Å². The lowest BCUT2D eigenvalue weighted by molar-refractivity contribution is 0.346. The predicted octanol–water partition coefficient (Wildman–Crippen LogP) is 4.72. The van der Waals surface area contributed by atoms with Gasteiger partial charge in [-0.2, -0.15) is 0 Å². The SMILES string of the molecule is CN1CCSC(c2ccccc2)c2cc(Br)ccc2C1. The molecule has 1 aliphatic rings. The van der Waals surface area contributed by atoms with Crippen LogP contribution in [0.2, 0.25) is 0 Å². The molecule has 0 spiro atoms. The molecule has 0 aromatic heterocycles. The molecule has 20 heavy (non-hydrogen) atoms. The molecule has 104 valence electrons. The van der Waals surface area contributed by atoms with Gasteiger partial charge in [-0.1, -0.05) is 52.3 Å². The smallest absolute Gasteiger partial charge is 0.0550 e. The van der Waals surface area contributed by atoms with E-state index in [0.29, 0.717) is 5.25 Å². The van der Waals surface area contributed by atoms with Gasteiger partial charge in [-0.25, -0.2) is 0 Å². The molecule has 0 N–H and O–H groups in total. The number of hydrogen-bond acceptors (Lipinski definition) is 2. The van der Waals surface area contributed by atoms with Gasteiger partial charge in [0.05, 0.1) is 5.25 Å². The Labute approximate surface area is 133 Å². The Morgan fingerprint density at radius 1 is 1.15 bits per heavy atom. The highest BCUT2D eigenvalue weighted by molar-refractivity contribution is 9.10. The summed E-state index contributed by atoms with van der Waals surface area (Å²) in [5, 5.41) is 0.442. The van der Waals surface area contributed by atoms with Gasteiger partial charge in [-0.15, -0.1) is 11.8 Å². The quantitative estimate of drug-likeness (QED) is 0.734. The molecule has 3 rings (SSSR count). The molecule has 0 radical (unpaired) electrons. The number of halogens is 1. The van der Waals surface area contributed by atoms with Crippen LogP contribution >= 0.6 is 27.7 Å². The van der Waals surface area contributed by atoms with Crippen molar-refractivity contribution in [3.63, 3.8) is 0 Å². The molecule has 0 bridgehead atoms. The first-order valence-electron chi connectivity index (χ1n) is 6.87. The van der Waals surface area contributed by atoms with Gasteiger partial charge in [0.1, 0.15) is 0 Å². The normalized spacial score (nSPS) is 20.0. The van der Waals surface area contributed by atoms with Crippen molar-refractivity contribution in [3.8, 4) is 0 Å². The van der Waals surface area contributed by atoms with Gasteiger partial charge in [0.25, 0.3) is 0 Å². The zero-order valence-corrected chi connectivity index (χ0v) is 14.0. The van der Waals surface area contributed by atoms with Crippen molar-refractivity contribution in [1.29, 1.82) is 0 Å². The average molecular weight is 348 g/mol. The van der Waals surface area contributed by atoms with E-state index in [1.54, 1.807) is 0 Å². The lowest BCUT2D eigenvalue weighted by atomic mass is 9.98. The van der Waals surface area contributed by atoms with Crippen LogP contribution in [0.3, 0.4) is 0 Å². The summed E-state index contributed by atoms with van der Waals surface area (Å²) in [6.45, 7) is 2.18. The van der Waals surface area contributed by atoms with Crippen molar-refractivity contribution in [2.45, 2.75) is 11.8 Å². The molecule has 1 aliphatic heterocycles. The van der Waals surface area contributed by atoms with Crippen molar-refractivity contribution in [2.75, 3.05) is 19.3 Å². The Morgan fingerprint density at radius 3 is 2.75 bits per heavy atom. The second-order valence-corrected chi connectivity index (χ2v) is 7.37. The van der Waals surface area contributed by atoms with Crippen LogP contribution in [0.4, 0.5) is 0 Å². The highest BCUT2D eigenvalue weighted by atomic mass is 79.9. The van der Waals surface area contributed by atoms with Crippen LogP contribution in [0, 0.1) is 0 Å². The third-order valence-corrected chi connectivity index (χ3v) is 5.46. The van der Waals surface area contributed by atoms with Crippen molar-refractivity contribution in [3.05, 3.63) is 69.7 Å². The van der Waals surface area contributed by atoms with Gasteiger partial charge in [-0.05, 0) is 35.9 Å². The highest BCUT2D eigenvalue weighted by Crippen LogP contribution is 2.39. The Balaban J connectivity index is 2.07. The van der Waals surface area contributed by atoms with Gasteiger partial charge >= 0.3 is 0 Å². The molecule has 1 atom stereocenters. The highest BCUT2D eigenvalue weighted by Gasteiger charge is 2.21. The van der Waals surface area contributed by atoms with Crippen molar-refractivity contribution in [1.82, 2.24) is 4.90 Å². The van der Waals surface area contributed by atoms with Crippen LogP contribution in [0.15, 0.2) is 53.0 Å². The summed E-state index contributed by atoms with van der Waals surface area (Å²) >= 11 is 5.67. The Kier molecular flexibility index (Phi) is 4.49. The predicted molar refractivity (Wildman–Crippen MR) is 91.2 cm³/mol. The molecular weight excluding hydrogens is 330 g/mol. The first-order chi connectivity index (χ1) is 9.74. The summed E-state index contributed by atoms with van der Waals surface area (Å²) in [6, 6.07) is 17.6. The van der Waals surface area contributed by atoms with Crippen LogP contribution in [0.5, 0.6) is 0 Å². The van der Waals surface area contributed by atoms with Crippen LogP contribution in [-0.4, -0.2) is 24.2 Å². The maximum absolute atomic E-state index is 3.63. The standard InChI is InChI=1S/C17H18BrNS/c1-19-9-10-20-17(13-5-3-2-4-6-13)16-11-15(18)8-7-14(16)12-19/h2-8,11,17H,9-10,12H2,1H3. The fraction of sp³-hybridized carbons (Fsp3) is 0.294. The second-order valence-electron chi connectivity index (χ2n) is 5.24. The van der Waals surface area contributed by atoms with E-state index in [-0.39, 0.29) is 0 Å². The molecule has 3 heteroatoms. The topological polar surface area (TPSA) is 3.24 Å². The zero-order valence-electron chi connectivity index (χ0n) is 11.6. The monoisotopic (exact) mass is 347 g/mol. The molecule has 0 aliphatic carbocycles. The van der Waals surface area contributed by atoms with Gasteiger partial charge in [0.15, 0.2) is 0 Å². The van der Waals surface area contributed by atoms with Crippen molar-refractivity contribution < 1.29 is 0 Å². The summed E-state index contributed by atoms with van der Waals surface area (Å²) in [5.41, 5.74) is 4.29. The minimum absolute atomic E-state index is 0.442. The number of nitrogens with zero attached hydrogens (tertiary/aromatic N) is 1. The molecule has 0 fully saturated rings. The Hall–Kier alpha value is -0.770. The van der Waals surface area contributed by atoms with E-state index < -0.39 is 0 Å². The molecule has 0 saturated carbocycles. The number of rotatable bonds is 1. The summed E-state index contributed by atoms with van der Waals surface area (Å²) in [7, 11) is 2.20. The molecule has 0 amide bonds. The summed E-state index contributed by atoms with van der Waals surface area (Å²) in [5.74, 6) is 1.17. The third kappa shape index (κ3) is 3.11. The minimum atomic E-state index is 0.442. The Morgan fingerprint density at radius 2 is 1.95 bits per heavy atom. The van der Waals surface area contributed by atoms with Crippen molar-refractivity contribution in [2.24, 2.45) is 0 Å². The first-order valence-corrected chi connectivity index (χ1v) is 8.71.